The van der Waals surface area contributed by atoms with Gasteiger partial charge in [0.05, 0.1) is 16.5 Å². The van der Waals surface area contributed by atoms with Gasteiger partial charge in [-0.15, -0.1) is 11.3 Å². The molecule has 0 fully saturated rings. The summed E-state index contributed by atoms with van der Waals surface area (Å²) in [5.74, 6) is 0.246. The Morgan fingerprint density at radius 1 is 1.55 bits per heavy atom. The van der Waals surface area contributed by atoms with E-state index in [1.54, 1.807) is 16.0 Å². The van der Waals surface area contributed by atoms with Crippen LogP contribution in [-0.2, 0) is 9.53 Å². The minimum absolute atomic E-state index is 0.322. The van der Waals surface area contributed by atoms with Gasteiger partial charge in [-0.3, -0.25) is 0 Å². The van der Waals surface area contributed by atoms with Crippen molar-refractivity contribution in [3.8, 4) is 0 Å². The van der Waals surface area contributed by atoms with Crippen LogP contribution in [0, 0.1) is 0 Å². The van der Waals surface area contributed by atoms with Crippen LogP contribution in [-0.4, -0.2) is 27.8 Å². The van der Waals surface area contributed by atoms with Gasteiger partial charge in [-0.05, 0) is 35.0 Å². The smallest absolute Gasteiger partial charge is 0.338 e. The second kappa shape index (κ2) is 5.02. The van der Waals surface area contributed by atoms with Gasteiger partial charge in [-0.1, -0.05) is 0 Å². The fourth-order valence-corrected chi connectivity index (χ4v) is 3.72. The van der Waals surface area contributed by atoms with E-state index in [9.17, 15) is 4.79 Å². The Morgan fingerprint density at radius 3 is 3.00 bits per heavy atom. The van der Waals surface area contributed by atoms with Gasteiger partial charge < -0.3 is 10.1 Å². The van der Waals surface area contributed by atoms with Crippen molar-refractivity contribution in [3.05, 3.63) is 38.4 Å². The number of esters is 1. The molecule has 0 saturated heterocycles. The lowest BCUT2D eigenvalue weighted by Crippen LogP contribution is -2.28. The molecule has 1 aliphatic rings. The number of aromatic nitrogens is 3. The second-order valence-electron chi connectivity index (χ2n) is 4.23. The van der Waals surface area contributed by atoms with Gasteiger partial charge in [0.1, 0.15) is 12.4 Å². The summed E-state index contributed by atoms with van der Waals surface area (Å²) in [5.41, 5.74) is 1.27. The summed E-state index contributed by atoms with van der Waals surface area (Å²) in [4.78, 5) is 17.3. The number of thiophene rings is 1. The fourth-order valence-electron chi connectivity index (χ4n) is 2.20. The SMILES string of the molecule is COC(=O)C1=C(C)Nc2ncnn2[C@@H]1c1ccc(Br)s1. The van der Waals surface area contributed by atoms with Gasteiger partial charge in [0, 0.05) is 10.6 Å². The molecule has 8 heteroatoms. The lowest BCUT2D eigenvalue weighted by molar-refractivity contribution is -0.136. The monoisotopic (exact) mass is 354 g/mol. The number of allylic oxidation sites excluding steroid dienone is 1. The van der Waals surface area contributed by atoms with Crippen LogP contribution < -0.4 is 5.32 Å². The van der Waals surface area contributed by atoms with E-state index in [-0.39, 0.29) is 12.0 Å². The third kappa shape index (κ3) is 2.04. The molecule has 0 radical (unpaired) electrons. The van der Waals surface area contributed by atoms with Crippen molar-refractivity contribution in [3.63, 3.8) is 0 Å². The molecule has 0 bridgehead atoms. The maximum atomic E-state index is 12.1. The van der Waals surface area contributed by atoms with Gasteiger partial charge in [-0.25, -0.2) is 9.48 Å². The van der Waals surface area contributed by atoms with Crippen LogP contribution in [0.2, 0.25) is 0 Å². The maximum Gasteiger partial charge on any atom is 0.338 e. The molecule has 0 saturated carbocycles. The zero-order chi connectivity index (χ0) is 14.3. The molecule has 2 aromatic rings. The van der Waals surface area contributed by atoms with E-state index in [1.807, 2.05) is 19.1 Å². The first-order valence-corrected chi connectivity index (χ1v) is 7.43. The highest BCUT2D eigenvalue weighted by atomic mass is 79.9. The van der Waals surface area contributed by atoms with Crippen LogP contribution in [0.15, 0.2) is 33.5 Å². The van der Waals surface area contributed by atoms with Gasteiger partial charge in [0.2, 0.25) is 5.95 Å². The van der Waals surface area contributed by atoms with Crippen molar-refractivity contribution in [2.24, 2.45) is 0 Å². The average molecular weight is 355 g/mol. The van der Waals surface area contributed by atoms with Crippen LogP contribution in [0.1, 0.15) is 17.8 Å². The number of carbonyl (C=O) groups is 1. The zero-order valence-corrected chi connectivity index (χ0v) is 13.2. The van der Waals surface area contributed by atoms with Crippen LogP contribution in [0.25, 0.3) is 0 Å². The highest BCUT2D eigenvalue weighted by molar-refractivity contribution is 9.11. The molecule has 0 amide bonds. The van der Waals surface area contributed by atoms with Crippen LogP contribution in [0.3, 0.4) is 0 Å². The predicted octanol–water partition coefficient (Wildman–Crippen LogP) is 2.56. The van der Waals surface area contributed by atoms with Crippen molar-refractivity contribution in [2.45, 2.75) is 13.0 Å². The molecular formula is C12H11BrN4O2S. The number of halogens is 1. The number of anilines is 1. The third-order valence-electron chi connectivity index (χ3n) is 3.06. The minimum Gasteiger partial charge on any atom is -0.466 e. The van der Waals surface area contributed by atoms with Crippen molar-refractivity contribution in [1.29, 1.82) is 0 Å². The molecule has 3 rings (SSSR count). The molecule has 6 nitrogen and oxygen atoms in total. The van der Waals surface area contributed by atoms with Gasteiger partial charge in [-0.2, -0.15) is 10.1 Å². The van der Waals surface area contributed by atoms with Crippen molar-refractivity contribution in [1.82, 2.24) is 14.8 Å². The van der Waals surface area contributed by atoms with Crippen molar-refractivity contribution < 1.29 is 9.53 Å². The molecule has 1 aliphatic heterocycles. The molecule has 20 heavy (non-hydrogen) atoms. The average Bonchev–Trinajstić information content (AvgIpc) is 3.04. The van der Waals surface area contributed by atoms with E-state index in [4.69, 9.17) is 4.74 Å². The number of nitrogens with one attached hydrogen (secondary N) is 1. The molecule has 104 valence electrons. The molecule has 0 aromatic carbocycles. The highest BCUT2D eigenvalue weighted by Crippen LogP contribution is 2.39. The largest absolute Gasteiger partial charge is 0.466 e. The Hall–Kier alpha value is -1.67. The fraction of sp³-hybridized carbons (Fsp3) is 0.250. The first-order chi connectivity index (χ1) is 9.61. The number of methoxy groups -OCH3 is 1. The third-order valence-corrected chi connectivity index (χ3v) is 4.74. The first kappa shape index (κ1) is 13.3. The summed E-state index contributed by atoms with van der Waals surface area (Å²) in [6.07, 6.45) is 1.46. The minimum atomic E-state index is -0.370. The summed E-state index contributed by atoms with van der Waals surface area (Å²) < 4.78 is 7.59. The number of ether oxygens (including phenoxy) is 1. The van der Waals surface area contributed by atoms with Gasteiger partial charge in [0.25, 0.3) is 0 Å². The maximum absolute atomic E-state index is 12.1. The molecule has 1 N–H and O–H groups in total. The van der Waals surface area contributed by atoms with Crippen LogP contribution in [0.4, 0.5) is 5.95 Å². The molecule has 0 unspecified atom stereocenters. The van der Waals surface area contributed by atoms with E-state index >= 15 is 0 Å². The second-order valence-corrected chi connectivity index (χ2v) is 6.72. The summed E-state index contributed by atoms with van der Waals surface area (Å²) in [6, 6.07) is 3.59. The number of fused-ring (bicyclic) bond motifs is 1. The quantitative estimate of drug-likeness (QED) is 0.839. The summed E-state index contributed by atoms with van der Waals surface area (Å²) in [6.45, 7) is 1.83. The Labute approximate surface area is 127 Å². The summed E-state index contributed by atoms with van der Waals surface area (Å²) in [5, 5.41) is 7.29. The molecule has 3 heterocycles. The van der Waals surface area contributed by atoms with E-state index < -0.39 is 0 Å². The summed E-state index contributed by atoms with van der Waals surface area (Å²) >= 11 is 5.00. The Kier molecular flexibility index (Phi) is 3.35. The Morgan fingerprint density at radius 2 is 2.35 bits per heavy atom. The molecular weight excluding hydrogens is 344 g/mol. The lowest BCUT2D eigenvalue weighted by Gasteiger charge is -2.26. The van der Waals surface area contributed by atoms with Crippen molar-refractivity contribution >= 4 is 39.2 Å². The van der Waals surface area contributed by atoms with Crippen molar-refractivity contribution in [2.75, 3.05) is 12.4 Å². The van der Waals surface area contributed by atoms with E-state index in [0.717, 1.165) is 14.4 Å². The van der Waals surface area contributed by atoms with E-state index in [2.05, 4.69) is 31.3 Å². The van der Waals surface area contributed by atoms with Crippen LogP contribution >= 0.6 is 27.3 Å². The number of hydrogen-bond acceptors (Lipinski definition) is 6. The molecule has 2 aromatic heterocycles. The first-order valence-electron chi connectivity index (χ1n) is 5.82. The molecule has 0 spiro atoms. The van der Waals surface area contributed by atoms with E-state index in [1.165, 1.54) is 13.4 Å². The van der Waals surface area contributed by atoms with Gasteiger partial charge in [0.15, 0.2) is 0 Å². The topological polar surface area (TPSA) is 69.0 Å². The highest BCUT2D eigenvalue weighted by Gasteiger charge is 2.34. The van der Waals surface area contributed by atoms with E-state index in [0.29, 0.717) is 11.5 Å². The van der Waals surface area contributed by atoms with Gasteiger partial charge >= 0.3 is 5.97 Å². The Bertz CT molecular complexity index is 706. The number of carbonyl (C=O) groups excluding carboxylic acids is 1. The number of hydrogen-bond donors (Lipinski definition) is 1. The van der Waals surface area contributed by atoms with Crippen LogP contribution in [0.5, 0.6) is 0 Å². The standard InChI is InChI=1S/C12H11BrN4O2S/c1-6-9(11(18)19-2)10(7-3-4-8(13)20-7)17-12(16-6)14-5-15-17/h3-5,10H,1-2H3,(H,14,15,16)/t10-/m1/s1. The normalized spacial score (nSPS) is 17.6. The summed E-state index contributed by atoms with van der Waals surface area (Å²) in [7, 11) is 1.38. The molecule has 1 atom stereocenters. The predicted molar refractivity (Wildman–Crippen MR) is 78.5 cm³/mol. The molecule has 0 aliphatic carbocycles. The Balaban J connectivity index is 2.18. The lowest BCUT2D eigenvalue weighted by atomic mass is 10.0. The number of nitrogens with zero attached hydrogens (tertiary/aromatic N) is 3. The number of rotatable bonds is 2. The zero-order valence-electron chi connectivity index (χ0n) is 10.8.